The molecule has 1 aliphatic heterocycles. The molecule has 2 N–H and O–H groups in total. The number of amides is 4. The standard InChI is InChI=1S/C22H24FN3O5S/c1-3-4-13-22(15-5-7-16(23)8-6-15)20(28)26(21(29)25-22)14-19(27)24-17-9-11-18(12-10-17)32(2,30)31/h5-12H,3-4,13-14H2,1-2H3,(H,24,27)(H,25,29). The van der Waals surface area contributed by atoms with Gasteiger partial charge >= 0.3 is 6.03 Å². The molecule has 2 aromatic rings. The molecule has 2 aromatic carbocycles. The Labute approximate surface area is 185 Å². The second kappa shape index (κ2) is 9.07. The Bertz CT molecular complexity index is 1130. The summed E-state index contributed by atoms with van der Waals surface area (Å²) >= 11 is 0. The topological polar surface area (TPSA) is 113 Å². The summed E-state index contributed by atoms with van der Waals surface area (Å²) in [4.78, 5) is 39.3. The highest BCUT2D eigenvalue weighted by molar-refractivity contribution is 7.90. The van der Waals surface area contributed by atoms with Crippen molar-refractivity contribution in [1.82, 2.24) is 10.2 Å². The highest BCUT2D eigenvalue weighted by atomic mass is 32.2. The smallest absolute Gasteiger partial charge is 0.325 e. The van der Waals surface area contributed by atoms with Crippen LogP contribution >= 0.6 is 0 Å². The molecule has 0 bridgehead atoms. The first kappa shape index (κ1) is 23.4. The van der Waals surface area contributed by atoms with Gasteiger partial charge < -0.3 is 10.6 Å². The fraction of sp³-hybridized carbons (Fsp3) is 0.318. The zero-order valence-corrected chi connectivity index (χ0v) is 18.5. The second-order valence-electron chi connectivity index (χ2n) is 7.68. The number of sulfone groups is 1. The maximum absolute atomic E-state index is 13.4. The first-order valence-corrected chi connectivity index (χ1v) is 12.0. The molecule has 1 aliphatic rings. The molecule has 0 aromatic heterocycles. The molecule has 1 saturated heterocycles. The lowest BCUT2D eigenvalue weighted by Crippen LogP contribution is -2.44. The second-order valence-corrected chi connectivity index (χ2v) is 9.70. The molecule has 32 heavy (non-hydrogen) atoms. The molecular weight excluding hydrogens is 437 g/mol. The van der Waals surface area contributed by atoms with Crippen LogP contribution in [0.1, 0.15) is 31.7 Å². The van der Waals surface area contributed by atoms with Crippen LogP contribution in [0.5, 0.6) is 0 Å². The molecule has 0 radical (unpaired) electrons. The molecular formula is C22H24FN3O5S. The Balaban J connectivity index is 1.78. The number of halogens is 1. The number of hydrogen-bond acceptors (Lipinski definition) is 5. The van der Waals surface area contributed by atoms with Crippen molar-refractivity contribution in [1.29, 1.82) is 0 Å². The molecule has 1 heterocycles. The van der Waals surface area contributed by atoms with Gasteiger partial charge in [-0.3, -0.25) is 14.5 Å². The fourth-order valence-corrected chi connectivity index (χ4v) is 4.22. The Morgan fingerprint density at radius 1 is 1.09 bits per heavy atom. The number of anilines is 1. The summed E-state index contributed by atoms with van der Waals surface area (Å²) in [5.74, 6) is -1.66. The Kier molecular flexibility index (Phi) is 6.63. The summed E-state index contributed by atoms with van der Waals surface area (Å²) in [6.07, 6.45) is 2.79. The molecule has 3 rings (SSSR count). The fourth-order valence-electron chi connectivity index (χ4n) is 3.59. The van der Waals surface area contributed by atoms with Gasteiger partial charge in [-0.2, -0.15) is 0 Å². The maximum Gasteiger partial charge on any atom is 0.325 e. The number of rotatable bonds is 8. The first-order valence-electron chi connectivity index (χ1n) is 10.1. The first-order chi connectivity index (χ1) is 15.1. The van der Waals surface area contributed by atoms with Crippen LogP contribution in [0, 0.1) is 5.82 Å². The Hall–Kier alpha value is -3.27. The van der Waals surface area contributed by atoms with Crippen molar-refractivity contribution in [2.75, 3.05) is 18.1 Å². The van der Waals surface area contributed by atoms with Crippen LogP contribution in [0.2, 0.25) is 0 Å². The van der Waals surface area contributed by atoms with Gasteiger partial charge in [-0.1, -0.05) is 31.9 Å². The van der Waals surface area contributed by atoms with Gasteiger partial charge in [0.05, 0.1) is 4.90 Å². The quantitative estimate of drug-likeness (QED) is 0.587. The predicted octanol–water partition coefficient (Wildman–Crippen LogP) is 2.81. The molecule has 1 atom stereocenters. The van der Waals surface area contributed by atoms with E-state index >= 15 is 0 Å². The number of benzene rings is 2. The SMILES string of the molecule is CCCCC1(c2ccc(F)cc2)NC(=O)N(CC(=O)Nc2ccc(S(C)(=O)=O)cc2)C1=O. The zero-order valence-electron chi connectivity index (χ0n) is 17.7. The zero-order chi connectivity index (χ0) is 23.5. The average Bonchev–Trinajstić information content (AvgIpc) is 2.97. The van der Waals surface area contributed by atoms with Crippen LogP contribution in [0.15, 0.2) is 53.4 Å². The van der Waals surface area contributed by atoms with Crippen molar-refractivity contribution in [3.63, 3.8) is 0 Å². The minimum Gasteiger partial charge on any atom is -0.325 e. The van der Waals surface area contributed by atoms with Crippen molar-refractivity contribution in [2.45, 2.75) is 36.6 Å². The number of hydrogen-bond donors (Lipinski definition) is 2. The molecule has 0 spiro atoms. The lowest BCUT2D eigenvalue weighted by atomic mass is 9.85. The summed E-state index contributed by atoms with van der Waals surface area (Å²) < 4.78 is 36.5. The number of nitrogens with zero attached hydrogens (tertiary/aromatic N) is 1. The lowest BCUT2D eigenvalue weighted by Gasteiger charge is -2.27. The molecule has 1 fully saturated rings. The van der Waals surface area contributed by atoms with Crippen molar-refractivity contribution in [3.8, 4) is 0 Å². The van der Waals surface area contributed by atoms with Crippen molar-refractivity contribution in [3.05, 3.63) is 59.9 Å². The van der Waals surface area contributed by atoms with E-state index in [9.17, 15) is 27.2 Å². The van der Waals surface area contributed by atoms with Crippen LogP contribution in [0.25, 0.3) is 0 Å². The van der Waals surface area contributed by atoms with Crippen LogP contribution in [-0.4, -0.2) is 44.0 Å². The van der Waals surface area contributed by atoms with Gasteiger partial charge in [0.15, 0.2) is 9.84 Å². The monoisotopic (exact) mass is 461 g/mol. The highest BCUT2D eigenvalue weighted by Crippen LogP contribution is 2.34. The van der Waals surface area contributed by atoms with Crippen LogP contribution in [0.3, 0.4) is 0 Å². The third-order valence-electron chi connectivity index (χ3n) is 5.29. The van der Waals surface area contributed by atoms with E-state index in [-0.39, 0.29) is 4.90 Å². The van der Waals surface area contributed by atoms with Gasteiger partial charge in [-0.25, -0.2) is 17.6 Å². The minimum absolute atomic E-state index is 0.101. The van der Waals surface area contributed by atoms with E-state index in [0.29, 0.717) is 24.1 Å². The van der Waals surface area contributed by atoms with Gasteiger partial charge in [0, 0.05) is 11.9 Å². The van der Waals surface area contributed by atoms with Crippen molar-refractivity contribution >= 4 is 33.4 Å². The number of unbranched alkanes of at least 4 members (excludes halogenated alkanes) is 1. The van der Waals surface area contributed by atoms with Gasteiger partial charge in [-0.15, -0.1) is 0 Å². The van der Waals surface area contributed by atoms with Gasteiger partial charge in [-0.05, 0) is 48.4 Å². The van der Waals surface area contributed by atoms with E-state index in [1.807, 2.05) is 6.92 Å². The summed E-state index contributed by atoms with van der Waals surface area (Å²) in [5.41, 5.74) is -0.590. The molecule has 170 valence electrons. The molecule has 4 amide bonds. The summed E-state index contributed by atoms with van der Waals surface area (Å²) in [6, 6.07) is 10.2. The van der Waals surface area contributed by atoms with Gasteiger partial charge in [0.25, 0.3) is 5.91 Å². The molecule has 1 unspecified atom stereocenters. The van der Waals surface area contributed by atoms with E-state index in [1.165, 1.54) is 48.5 Å². The Morgan fingerprint density at radius 3 is 2.28 bits per heavy atom. The van der Waals surface area contributed by atoms with Gasteiger partial charge in [0.2, 0.25) is 5.91 Å². The number of carbonyl (C=O) groups is 3. The molecule has 0 saturated carbocycles. The number of urea groups is 1. The largest absolute Gasteiger partial charge is 0.325 e. The normalized spacial score (nSPS) is 18.5. The maximum atomic E-state index is 13.4. The number of imide groups is 1. The Morgan fingerprint density at radius 2 is 1.72 bits per heavy atom. The van der Waals surface area contributed by atoms with Crippen LogP contribution in [0.4, 0.5) is 14.9 Å². The molecule has 10 heteroatoms. The lowest BCUT2D eigenvalue weighted by molar-refractivity contribution is -0.134. The number of carbonyl (C=O) groups excluding carboxylic acids is 3. The van der Waals surface area contributed by atoms with Crippen LogP contribution in [-0.2, 0) is 25.0 Å². The molecule has 8 nitrogen and oxygen atoms in total. The van der Waals surface area contributed by atoms with E-state index in [4.69, 9.17) is 0 Å². The average molecular weight is 462 g/mol. The predicted molar refractivity (Wildman–Crippen MR) is 116 cm³/mol. The van der Waals surface area contributed by atoms with Gasteiger partial charge in [0.1, 0.15) is 17.9 Å². The van der Waals surface area contributed by atoms with E-state index < -0.39 is 45.6 Å². The third kappa shape index (κ3) is 4.80. The van der Waals surface area contributed by atoms with Crippen molar-refractivity contribution in [2.24, 2.45) is 0 Å². The summed E-state index contributed by atoms with van der Waals surface area (Å²) in [7, 11) is -3.37. The van der Waals surface area contributed by atoms with E-state index in [0.717, 1.165) is 17.6 Å². The highest BCUT2D eigenvalue weighted by Gasteiger charge is 2.52. The summed E-state index contributed by atoms with van der Waals surface area (Å²) in [5, 5.41) is 5.25. The van der Waals surface area contributed by atoms with E-state index in [2.05, 4.69) is 10.6 Å². The third-order valence-corrected chi connectivity index (χ3v) is 6.41. The molecule has 0 aliphatic carbocycles. The number of nitrogens with one attached hydrogen (secondary N) is 2. The van der Waals surface area contributed by atoms with E-state index in [1.54, 1.807) is 0 Å². The summed E-state index contributed by atoms with van der Waals surface area (Å²) in [6.45, 7) is 1.42. The van der Waals surface area contributed by atoms with Crippen LogP contribution < -0.4 is 10.6 Å². The van der Waals surface area contributed by atoms with Crippen molar-refractivity contribution < 1.29 is 27.2 Å². The minimum atomic E-state index is -3.37.